The summed E-state index contributed by atoms with van der Waals surface area (Å²) in [6.07, 6.45) is 2.26. The molecule has 12 heteroatoms. The van der Waals surface area contributed by atoms with E-state index in [1.807, 2.05) is 0 Å². The predicted molar refractivity (Wildman–Crippen MR) is 136 cm³/mol. The van der Waals surface area contributed by atoms with Crippen LogP contribution >= 0.6 is 11.6 Å². The monoisotopic (exact) mass is 510 g/mol. The van der Waals surface area contributed by atoms with Crippen molar-refractivity contribution < 1.29 is 19.4 Å². The zero-order chi connectivity index (χ0) is 25.8. The van der Waals surface area contributed by atoms with Gasteiger partial charge in [-0.3, -0.25) is 19.7 Å². The number of rotatable bonds is 8. The number of nitrogens with one attached hydrogen (secondary N) is 2. The number of halogens is 1. The van der Waals surface area contributed by atoms with Crippen LogP contribution in [0.25, 0.3) is 22.2 Å². The molecule has 3 heterocycles. The van der Waals surface area contributed by atoms with E-state index in [0.717, 1.165) is 0 Å². The lowest BCUT2D eigenvalue weighted by Crippen LogP contribution is -2.24. The van der Waals surface area contributed by atoms with Crippen molar-refractivity contribution in [3.8, 4) is 22.6 Å². The van der Waals surface area contributed by atoms with Crippen molar-refractivity contribution in [1.29, 1.82) is 0 Å². The highest BCUT2D eigenvalue weighted by Crippen LogP contribution is 2.38. The van der Waals surface area contributed by atoms with E-state index >= 15 is 0 Å². The van der Waals surface area contributed by atoms with Crippen molar-refractivity contribution in [3.05, 3.63) is 63.8 Å². The maximum absolute atomic E-state index is 13.8. The molecule has 0 atom stereocenters. The highest BCUT2D eigenvalue weighted by molar-refractivity contribution is 6.35. The van der Waals surface area contributed by atoms with E-state index < -0.39 is 6.09 Å². The van der Waals surface area contributed by atoms with Crippen molar-refractivity contribution in [2.24, 2.45) is 0 Å². The molecule has 0 aliphatic carbocycles. The summed E-state index contributed by atoms with van der Waals surface area (Å²) in [5.41, 5.74) is 1.93. The van der Waals surface area contributed by atoms with Gasteiger partial charge in [0.05, 0.1) is 31.1 Å². The van der Waals surface area contributed by atoms with Gasteiger partial charge in [0.1, 0.15) is 17.1 Å². The van der Waals surface area contributed by atoms with Gasteiger partial charge in [-0.15, -0.1) is 0 Å². The highest BCUT2D eigenvalue weighted by Gasteiger charge is 2.19. The number of nitrogens with zero attached hydrogens (tertiary/aromatic N) is 4. The van der Waals surface area contributed by atoms with Crippen LogP contribution in [0.2, 0.25) is 5.02 Å². The van der Waals surface area contributed by atoms with Crippen LogP contribution in [0.4, 0.5) is 16.4 Å². The minimum absolute atomic E-state index is 0.251. The third kappa shape index (κ3) is 5.01. The number of fused-ring (bicyclic) bond motifs is 1. The summed E-state index contributed by atoms with van der Waals surface area (Å²) in [4.78, 5) is 37.7. The molecule has 3 N–H and O–H groups in total. The van der Waals surface area contributed by atoms with Crippen LogP contribution in [0.15, 0.2) is 47.5 Å². The first-order chi connectivity index (χ1) is 17.3. The third-order valence-electron chi connectivity index (χ3n) is 5.48. The first kappa shape index (κ1) is 24.7. The second kappa shape index (κ2) is 10.5. The highest BCUT2D eigenvalue weighted by atomic mass is 35.5. The van der Waals surface area contributed by atoms with Crippen LogP contribution in [0.5, 0.6) is 11.5 Å². The Hall–Kier alpha value is -4.38. The molecule has 0 unspecified atom stereocenters. The molecule has 0 fully saturated rings. The van der Waals surface area contributed by atoms with E-state index in [0.29, 0.717) is 57.4 Å². The smallest absolute Gasteiger partial charge is 0.409 e. The molecule has 0 saturated heterocycles. The average molecular weight is 511 g/mol. The fourth-order valence-corrected chi connectivity index (χ4v) is 4.00. The lowest BCUT2D eigenvalue weighted by atomic mass is 10.0. The van der Waals surface area contributed by atoms with E-state index in [1.165, 1.54) is 20.4 Å². The molecule has 1 amide bonds. The fraction of sp³-hybridized carbons (Fsp3) is 0.208. The molecule has 11 nitrogen and oxygen atoms in total. The molecule has 0 radical (unpaired) electrons. The van der Waals surface area contributed by atoms with Gasteiger partial charge in [0, 0.05) is 54.5 Å². The number of aromatic nitrogens is 4. The Morgan fingerprint density at radius 3 is 2.56 bits per heavy atom. The Labute approximate surface area is 210 Å². The van der Waals surface area contributed by atoms with E-state index in [4.69, 9.17) is 26.2 Å². The average Bonchev–Trinajstić information content (AvgIpc) is 2.88. The number of benzene rings is 1. The summed E-state index contributed by atoms with van der Waals surface area (Å²) in [6, 6.07) is 8.31. The number of hydrogen-bond acceptors (Lipinski definition) is 8. The van der Waals surface area contributed by atoms with Crippen molar-refractivity contribution in [1.82, 2.24) is 19.5 Å². The van der Waals surface area contributed by atoms with Gasteiger partial charge in [0.2, 0.25) is 5.95 Å². The second-order valence-electron chi connectivity index (χ2n) is 7.65. The molecule has 186 valence electrons. The Balaban J connectivity index is 1.82. The van der Waals surface area contributed by atoms with Crippen LogP contribution in [-0.2, 0) is 13.0 Å². The van der Waals surface area contributed by atoms with E-state index in [-0.39, 0.29) is 17.1 Å². The Kier molecular flexibility index (Phi) is 7.20. The van der Waals surface area contributed by atoms with E-state index in [2.05, 4.69) is 25.6 Å². The SMILES string of the molecule is CNc1ncc2cc(-c3cc(OC)cc(OC)c3Cl)c(=O)n(CCc3ccc(NC(=O)O)cn3)c2n1. The van der Waals surface area contributed by atoms with Crippen LogP contribution in [0.3, 0.4) is 0 Å². The number of pyridine rings is 2. The van der Waals surface area contributed by atoms with Gasteiger partial charge >= 0.3 is 6.09 Å². The number of hydrogen-bond donors (Lipinski definition) is 3. The van der Waals surface area contributed by atoms with Gasteiger partial charge in [0.25, 0.3) is 5.56 Å². The number of anilines is 2. The van der Waals surface area contributed by atoms with Crippen molar-refractivity contribution in [3.63, 3.8) is 0 Å². The third-order valence-corrected chi connectivity index (χ3v) is 5.87. The standard InChI is InChI=1S/C24H23ClN6O5/c1-26-23-28-11-13-8-18(17-9-16(35-2)10-19(36-3)20(17)25)22(32)31(21(13)30-23)7-6-14-4-5-15(12-27-14)29-24(33)34/h4-5,8-12,29H,6-7H2,1-3H3,(H,33,34)(H,26,28,30). The van der Waals surface area contributed by atoms with Crippen LogP contribution < -0.4 is 25.7 Å². The first-order valence-corrected chi connectivity index (χ1v) is 11.2. The summed E-state index contributed by atoms with van der Waals surface area (Å²) < 4.78 is 12.3. The van der Waals surface area contributed by atoms with Gasteiger partial charge in [-0.05, 0) is 24.3 Å². The zero-order valence-corrected chi connectivity index (χ0v) is 20.5. The summed E-state index contributed by atoms with van der Waals surface area (Å²) in [5.74, 6) is 1.23. The van der Waals surface area contributed by atoms with Crippen LogP contribution in [0, 0.1) is 0 Å². The molecular formula is C24H23ClN6O5. The van der Waals surface area contributed by atoms with Crippen molar-refractivity contribution in [2.75, 3.05) is 31.9 Å². The number of aryl methyl sites for hydroxylation is 2. The summed E-state index contributed by atoms with van der Waals surface area (Å²) in [5, 5.41) is 14.9. The van der Waals surface area contributed by atoms with Gasteiger partial charge in [-0.1, -0.05) is 11.6 Å². The first-order valence-electron chi connectivity index (χ1n) is 10.8. The van der Waals surface area contributed by atoms with Crippen LogP contribution in [-0.4, -0.2) is 52.0 Å². The maximum atomic E-state index is 13.8. The lowest BCUT2D eigenvalue weighted by Gasteiger charge is -2.15. The molecule has 36 heavy (non-hydrogen) atoms. The number of methoxy groups -OCH3 is 2. The van der Waals surface area contributed by atoms with Crippen molar-refractivity contribution >= 4 is 40.4 Å². The minimum atomic E-state index is -1.17. The molecule has 4 rings (SSSR count). The number of amides is 1. The summed E-state index contributed by atoms with van der Waals surface area (Å²) >= 11 is 6.59. The molecule has 0 aliphatic rings. The van der Waals surface area contributed by atoms with E-state index in [9.17, 15) is 9.59 Å². The molecule has 3 aromatic heterocycles. The molecule has 0 bridgehead atoms. The number of carboxylic acid groups (broad SMARTS) is 1. The maximum Gasteiger partial charge on any atom is 0.409 e. The Bertz CT molecular complexity index is 1490. The summed E-state index contributed by atoms with van der Waals surface area (Å²) in [6.45, 7) is 0.251. The van der Waals surface area contributed by atoms with E-state index in [1.54, 1.807) is 48.1 Å². The number of carbonyl (C=O) groups is 1. The quantitative estimate of drug-likeness (QED) is 0.322. The Morgan fingerprint density at radius 2 is 1.92 bits per heavy atom. The molecular weight excluding hydrogens is 488 g/mol. The topological polar surface area (TPSA) is 140 Å². The second-order valence-corrected chi connectivity index (χ2v) is 8.02. The molecule has 1 aromatic carbocycles. The molecule has 4 aromatic rings. The zero-order valence-electron chi connectivity index (χ0n) is 19.7. The largest absolute Gasteiger partial charge is 0.497 e. The normalized spacial score (nSPS) is 10.8. The summed E-state index contributed by atoms with van der Waals surface area (Å²) in [7, 11) is 4.69. The van der Waals surface area contributed by atoms with Gasteiger partial charge in [-0.25, -0.2) is 9.78 Å². The lowest BCUT2D eigenvalue weighted by molar-refractivity contribution is 0.209. The Morgan fingerprint density at radius 1 is 1.11 bits per heavy atom. The minimum Gasteiger partial charge on any atom is -0.497 e. The number of ether oxygens (including phenoxy) is 2. The van der Waals surface area contributed by atoms with Gasteiger partial charge < -0.3 is 19.9 Å². The molecule has 0 saturated carbocycles. The molecule has 0 aliphatic heterocycles. The van der Waals surface area contributed by atoms with Crippen molar-refractivity contribution in [2.45, 2.75) is 13.0 Å². The van der Waals surface area contributed by atoms with Gasteiger partial charge in [0.15, 0.2) is 0 Å². The molecule has 0 spiro atoms. The fourth-order valence-electron chi connectivity index (χ4n) is 3.71. The van der Waals surface area contributed by atoms with Gasteiger partial charge in [-0.2, -0.15) is 4.98 Å². The van der Waals surface area contributed by atoms with Crippen LogP contribution in [0.1, 0.15) is 5.69 Å². The predicted octanol–water partition coefficient (Wildman–Crippen LogP) is 3.90.